The summed E-state index contributed by atoms with van der Waals surface area (Å²) in [7, 11) is 1.97. The van der Waals surface area contributed by atoms with Gasteiger partial charge in [0, 0.05) is 30.9 Å². The second-order valence-corrected chi connectivity index (χ2v) is 5.52. The quantitative estimate of drug-likeness (QED) is 0.869. The van der Waals surface area contributed by atoms with E-state index in [0.29, 0.717) is 12.1 Å². The van der Waals surface area contributed by atoms with Crippen LogP contribution in [0.15, 0.2) is 12.4 Å². The monoisotopic (exact) mass is 235 g/mol. The zero-order valence-electron chi connectivity index (χ0n) is 11.3. The van der Waals surface area contributed by atoms with E-state index in [1.165, 1.54) is 37.7 Å². The van der Waals surface area contributed by atoms with Crippen molar-refractivity contribution in [3.63, 3.8) is 0 Å². The lowest BCUT2D eigenvalue weighted by Crippen LogP contribution is -2.36. The average molecular weight is 235 g/mol. The Morgan fingerprint density at radius 1 is 1.29 bits per heavy atom. The summed E-state index contributed by atoms with van der Waals surface area (Å²) in [5.41, 5.74) is 1.29. The van der Waals surface area contributed by atoms with Gasteiger partial charge in [-0.2, -0.15) is 5.10 Å². The number of hydrogen-bond acceptors (Lipinski definition) is 2. The van der Waals surface area contributed by atoms with Crippen molar-refractivity contribution in [3.8, 4) is 0 Å². The summed E-state index contributed by atoms with van der Waals surface area (Å²) in [5, 5.41) is 7.96. The largest absolute Gasteiger partial charge is 0.307 e. The summed E-state index contributed by atoms with van der Waals surface area (Å²) in [4.78, 5) is 0. The van der Waals surface area contributed by atoms with Crippen molar-refractivity contribution < 1.29 is 0 Å². The Labute approximate surface area is 105 Å². The Balaban J connectivity index is 1.87. The number of aryl methyl sites for hydroxylation is 1. The topological polar surface area (TPSA) is 29.9 Å². The van der Waals surface area contributed by atoms with Crippen molar-refractivity contribution >= 4 is 0 Å². The summed E-state index contributed by atoms with van der Waals surface area (Å²) in [6, 6.07) is 1.02. The summed E-state index contributed by atoms with van der Waals surface area (Å²) in [6.07, 6.45) is 11.1. The second-order valence-electron chi connectivity index (χ2n) is 5.52. The molecule has 1 heterocycles. The molecular weight excluding hydrogens is 210 g/mol. The fraction of sp³-hybridized carbons (Fsp3) is 0.786. The molecule has 0 saturated heterocycles. The van der Waals surface area contributed by atoms with E-state index < -0.39 is 0 Å². The molecule has 1 N–H and O–H groups in total. The smallest absolute Gasteiger partial charge is 0.0537 e. The van der Waals surface area contributed by atoms with Crippen LogP contribution in [0.5, 0.6) is 0 Å². The Kier molecular flexibility index (Phi) is 4.21. The highest BCUT2D eigenvalue weighted by molar-refractivity contribution is 5.09. The molecule has 2 atom stereocenters. The zero-order valence-corrected chi connectivity index (χ0v) is 11.3. The first-order valence-electron chi connectivity index (χ1n) is 6.91. The van der Waals surface area contributed by atoms with Crippen LogP contribution in [0.2, 0.25) is 0 Å². The van der Waals surface area contributed by atoms with E-state index >= 15 is 0 Å². The fourth-order valence-electron chi connectivity index (χ4n) is 2.92. The number of nitrogens with one attached hydrogen (secondary N) is 1. The maximum atomic E-state index is 4.23. The first-order chi connectivity index (χ1) is 8.16. The van der Waals surface area contributed by atoms with Gasteiger partial charge in [0.05, 0.1) is 6.20 Å². The lowest BCUT2D eigenvalue weighted by Gasteiger charge is -2.30. The molecule has 17 heavy (non-hydrogen) atoms. The van der Waals surface area contributed by atoms with Gasteiger partial charge in [-0.1, -0.05) is 19.3 Å². The van der Waals surface area contributed by atoms with Crippen molar-refractivity contribution in [1.82, 2.24) is 15.1 Å². The summed E-state index contributed by atoms with van der Waals surface area (Å²) < 4.78 is 1.87. The van der Waals surface area contributed by atoms with Gasteiger partial charge in [-0.25, -0.2) is 0 Å². The molecule has 2 unspecified atom stereocenters. The highest BCUT2D eigenvalue weighted by Crippen LogP contribution is 2.27. The van der Waals surface area contributed by atoms with Crippen LogP contribution in [0.3, 0.4) is 0 Å². The van der Waals surface area contributed by atoms with Crippen LogP contribution in [0, 0.1) is 5.92 Å². The van der Waals surface area contributed by atoms with Crippen LogP contribution in [0.4, 0.5) is 0 Å². The minimum atomic E-state index is 0.403. The van der Waals surface area contributed by atoms with Gasteiger partial charge in [-0.15, -0.1) is 0 Å². The van der Waals surface area contributed by atoms with Crippen molar-refractivity contribution in [1.29, 1.82) is 0 Å². The maximum absolute atomic E-state index is 4.23. The van der Waals surface area contributed by atoms with Gasteiger partial charge < -0.3 is 5.32 Å². The van der Waals surface area contributed by atoms with Crippen molar-refractivity contribution in [3.05, 3.63) is 18.0 Å². The van der Waals surface area contributed by atoms with E-state index in [-0.39, 0.29) is 0 Å². The molecule has 0 aromatic carbocycles. The Morgan fingerprint density at radius 3 is 2.59 bits per heavy atom. The summed E-state index contributed by atoms with van der Waals surface area (Å²) in [6.45, 7) is 4.57. The molecule has 0 spiro atoms. The summed E-state index contributed by atoms with van der Waals surface area (Å²) in [5.74, 6) is 0.864. The molecule has 3 nitrogen and oxygen atoms in total. The maximum Gasteiger partial charge on any atom is 0.0537 e. The average Bonchev–Trinajstić information content (AvgIpc) is 2.77. The van der Waals surface area contributed by atoms with Crippen molar-refractivity contribution in [2.24, 2.45) is 13.0 Å². The van der Waals surface area contributed by atoms with E-state index in [1.807, 2.05) is 17.9 Å². The highest BCUT2D eigenvalue weighted by atomic mass is 15.2. The van der Waals surface area contributed by atoms with Crippen LogP contribution in [-0.4, -0.2) is 15.8 Å². The van der Waals surface area contributed by atoms with Crippen LogP contribution < -0.4 is 5.32 Å². The molecule has 1 aliphatic carbocycles. The molecule has 0 radical (unpaired) electrons. The number of aromatic nitrogens is 2. The third-order valence-corrected chi connectivity index (χ3v) is 4.09. The Morgan fingerprint density at radius 2 is 2.00 bits per heavy atom. The third kappa shape index (κ3) is 3.32. The van der Waals surface area contributed by atoms with Crippen molar-refractivity contribution in [2.75, 3.05) is 0 Å². The predicted octanol–water partition coefficient (Wildman–Crippen LogP) is 3.04. The van der Waals surface area contributed by atoms with Gasteiger partial charge in [0.15, 0.2) is 0 Å². The molecular formula is C14H25N3. The number of nitrogens with zero attached hydrogens (tertiary/aromatic N) is 2. The molecule has 0 bridgehead atoms. The van der Waals surface area contributed by atoms with E-state index in [9.17, 15) is 0 Å². The predicted molar refractivity (Wildman–Crippen MR) is 70.8 cm³/mol. The molecule has 96 valence electrons. The van der Waals surface area contributed by atoms with E-state index in [2.05, 4.69) is 30.5 Å². The molecule has 1 aromatic rings. The van der Waals surface area contributed by atoms with Crippen LogP contribution in [0.1, 0.15) is 57.6 Å². The highest BCUT2D eigenvalue weighted by Gasteiger charge is 2.21. The molecule has 1 aliphatic rings. The van der Waals surface area contributed by atoms with E-state index in [1.54, 1.807) is 0 Å². The number of rotatable bonds is 4. The standard InChI is InChI=1S/C14H25N3/c1-11(13-7-5-4-6-8-13)16-12(2)14-9-15-17(3)10-14/h9-13,16H,4-8H2,1-3H3. The lowest BCUT2D eigenvalue weighted by molar-refractivity contribution is 0.268. The van der Waals surface area contributed by atoms with Gasteiger partial charge in [0.2, 0.25) is 0 Å². The van der Waals surface area contributed by atoms with E-state index in [0.717, 1.165) is 5.92 Å². The van der Waals surface area contributed by atoms with Gasteiger partial charge in [-0.05, 0) is 32.6 Å². The van der Waals surface area contributed by atoms with Crippen LogP contribution >= 0.6 is 0 Å². The zero-order chi connectivity index (χ0) is 12.3. The van der Waals surface area contributed by atoms with Crippen LogP contribution in [0.25, 0.3) is 0 Å². The molecule has 1 aromatic heterocycles. The third-order valence-electron chi connectivity index (χ3n) is 4.09. The van der Waals surface area contributed by atoms with Gasteiger partial charge in [-0.3, -0.25) is 4.68 Å². The first kappa shape index (κ1) is 12.6. The Hall–Kier alpha value is -0.830. The minimum absolute atomic E-state index is 0.403. The molecule has 0 amide bonds. The van der Waals surface area contributed by atoms with Gasteiger partial charge in [0.1, 0.15) is 0 Å². The van der Waals surface area contributed by atoms with Crippen LogP contribution in [-0.2, 0) is 7.05 Å². The summed E-state index contributed by atoms with van der Waals surface area (Å²) >= 11 is 0. The molecule has 3 heteroatoms. The molecule has 2 rings (SSSR count). The second kappa shape index (κ2) is 5.67. The SMILES string of the molecule is CC(NC(C)C1CCCCC1)c1cnn(C)c1. The Bertz CT molecular complexity index is 339. The molecule has 1 fully saturated rings. The van der Waals surface area contributed by atoms with E-state index in [4.69, 9.17) is 0 Å². The normalized spacial score (nSPS) is 21.4. The van der Waals surface area contributed by atoms with Gasteiger partial charge in [0.25, 0.3) is 0 Å². The van der Waals surface area contributed by atoms with Crippen molar-refractivity contribution in [2.45, 2.75) is 58.0 Å². The molecule has 1 saturated carbocycles. The minimum Gasteiger partial charge on any atom is -0.307 e. The first-order valence-corrected chi connectivity index (χ1v) is 6.91. The number of hydrogen-bond donors (Lipinski definition) is 1. The molecule has 0 aliphatic heterocycles. The fourth-order valence-corrected chi connectivity index (χ4v) is 2.92. The lowest BCUT2D eigenvalue weighted by atomic mass is 9.84. The van der Waals surface area contributed by atoms with Gasteiger partial charge >= 0.3 is 0 Å².